The van der Waals surface area contributed by atoms with Crippen molar-refractivity contribution < 1.29 is 110 Å². The van der Waals surface area contributed by atoms with Gasteiger partial charge in [-0.2, -0.15) is 12.9 Å². The van der Waals surface area contributed by atoms with Gasteiger partial charge in [-0.15, -0.1) is 26.3 Å². The highest BCUT2D eigenvalue weighted by atomic mass is 32.2. The van der Waals surface area contributed by atoms with Gasteiger partial charge < -0.3 is 57.4 Å². The van der Waals surface area contributed by atoms with Crippen molar-refractivity contribution in [3.63, 3.8) is 0 Å². The maximum Gasteiger partial charge on any atom is 0.410 e. The zero-order chi connectivity index (χ0) is 108. The summed E-state index contributed by atoms with van der Waals surface area (Å²) in [5.41, 5.74) is 1.86. The summed E-state index contributed by atoms with van der Waals surface area (Å²) in [4.78, 5) is 71.5. The summed E-state index contributed by atoms with van der Waals surface area (Å²) in [6.45, 7) is 49.6. The second kappa shape index (κ2) is 56.4. The predicted molar refractivity (Wildman–Crippen MR) is 568 cm³/mol. The molecule has 147 heavy (non-hydrogen) atoms. The van der Waals surface area contributed by atoms with E-state index in [9.17, 15) is 62.8 Å². The number of carbonyl (C=O) groups excluding carboxylic acids is 5. The molecule has 1 unspecified atom stereocenters. The summed E-state index contributed by atoms with van der Waals surface area (Å²) in [6.07, 6.45) is 7.47. The third-order valence-electron chi connectivity index (χ3n) is 22.9. The topological polar surface area (TPSA) is 372 Å². The zero-order valence-electron chi connectivity index (χ0n) is 87.5. The summed E-state index contributed by atoms with van der Waals surface area (Å²) in [6, 6.07) is 60.2. The smallest absolute Gasteiger partial charge is 0.410 e. The molecule has 5 amide bonds. The van der Waals surface area contributed by atoms with Crippen molar-refractivity contribution in [3.8, 4) is 0 Å². The van der Waals surface area contributed by atoms with E-state index in [1.807, 2.05) is 187 Å². The predicted octanol–water partition coefficient (Wildman–Crippen LogP) is 17.3. The lowest BCUT2D eigenvalue weighted by Gasteiger charge is -2.46. The molecule has 5 aliphatic rings. The first-order chi connectivity index (χ1) is 69.3. The summed E-state index contributed by atoms with van der Waals surface area (Å²) in [5.74, 6) is 0.331. The maximum atomic E-state index is 13.5. The molecule has 4 saturated heterocycles. The first kappa shape index (κ1) is 121. The zero-order valence-corrected chi connectivity index (χ0v) is 90.7. The number of aliphatic hydroxyl groups is 1. The molecule has 7 aromatic carbocycles. The Morgan fingerprint density at radius 3 is 1.13 bits per heavy atom. The second-order valence-electron chi connectivity index (χ2n) is 40.8. The summed E-state index contributed by atoms with van der Waals surface area (Å²) >= 11 is 0. The van der Waals surface area contributed by atoms with E-state index in [1.165, 1.54) is 56.8 Å². The third-order valence-corrected chi connectivity index (χ3v) is 29.5. The molecule has 11 atom stereocenters. The number of ether oxygens (including phenoxy) is 10. The van der Waals surface area contributed by atoms with E-state index in [0.29, 0.717) is 45.5 Å². The molecule has 4 fully saturated rings. The number of hydrogen-bond acceptors (Lipinski definition) is 24. The van der Waals surface area contributed by atoms with Crippen LogP contribution in [0.25, 0.3) is 0 Å². The Morgan fingerprint density at radius 1 is 0.415 bits per heavy atom. The van der Waals surface area contributed by atoms with Gasteiger partial charge in [0.2, 0.25) is 40.1 Å². The lowest BCUT2D eigenvalue weighted by atomic mass is 9.93. The van der Waals surface area contributed by atoms with Crippen molar-refractivity contribution in [2.45, 2.75) is 242 Å². The summed E-state index contributed by atoms with van der Waals surface area (Å²) < 4.78 is 166. The standard InChI is InChI=1S/C25H34N2O6S.C25H32N2O5S.C21H30N2O5S.C20H29NO3.C19H26N2O5S/c1-5-22(17-28)27(24(29)33-25(2,3)4)16-21(19-32-18-20-12-8-6-9-13-20)26-34(30,31)23-14-10-7-11-15-23;1-5-21-17-27(33(29,30)23-14-10-7-11-15-23)22(16-26(21)24(28)32-25(2,3)4)19-31-18-20-12-8-6-9-13-20;1-6-18-14-23(29(25,26)7-2)19(13-22(18)20(24)28-21(3,4)5)16-27-15-17-11-9-8-10-12-17;1-5-18-12-11-17(13-21(18)19(22)24-20(2,3)4)15-23-14-16-9-7-6-8-10-16;1-19(2,3)26-18(22)20-11-17(14-25-13-15-7-5-4-6-8-15)21-12-16(20)9-10-27(21,23)24/h5-15,21-22,26,28H,1,16-19H2,2-4H3;5-15,21-22H,1,16-19H2,2-4H3;6-12,18-19H,1-2,13-16H2,3-5H3;5-10,17-18H,1,11-15H2,2-4H3;4-10,16-17H,11-14H2,1-3H3/t2*21-,22-;18-,19-;17-,18-;16-,17-/m11111/s1. The number of hydrogen-bond donors (Lipinski definition) is 2. The van der Waals surface area contributed by atoms with Crippen molar-refractivity contribution in [1.82, 2.24) is 42.1 Å². The number of aliphatic hydroxyl groups excluding tert-OH is 1. The molecule has 33 nitrogen and oxygen atoms in total. The Bertz CT molecular complexity index is 5840. The number of fused-ring (bicyclic) bond motifs is 2. The highest BCUT2D eigenvalue weighted by Crippen LogP contribution is 2.33. The number of piperazine rings is 3. The number of nitrogens with zero attached hydrogens (tertiary/aromatic N) is 8. The van der Waals surface area contributed by atoms with Crippen LogP contribution in [0.3, 0.4) is 0 Å². The van der Waals surface area contributed by atoms with Crippen LogP contribution in [0.5, 0.6) is 0 Å². The SMILES string of the molecule is C=C[C@@H]1CC[C@@H](COCc2ccccc2)CN1C(=O)OC(C)(C)C.C=C[C@@H]1CN(S(=O)(=O)C=C)[C@@H](COCc2ccccc2)CN1C(=O)OC(C)(C)C.C=C[C@@H]1CN(S(=O)(=O)c2ccccc2)[C@@H](COCc2ccccc2)CN1C(=O)OC(C)(C)C.C=C[C@H](CO)N(C[C@H](COCc1ccccc1)NS(=O)(=O)c1ccccc1)C(=O)OC(C)(C)C.CC(C)(C)OC(=O)N1C[C@H](COCc2ccccc2)N2C[C@H]1C=CS2(=O)=O. The summed E-state index contributed by atoms with van der Waals surface area (Å²) in [5, 5.41) is 11.9. The van der Waals surface area contributed by atoms with Gasteiger partial charge in [0.25, 0.3) is 0 Å². The number of rotatable bonds is 35. The molecule has 5 aliphatic heterocycles. The molecule has 804 valence electrons. The Labute approximate surface area is 871 Å². The molecule has 2 N–H and O–H groups in total. The second-order valence-corrected chi connectivity index (χ2v) is 48.0. The minimum absolute atomic E-state index is 0.0183. The largest absolute Gasteiger partial charge is 0.444 e. The van der Waals surface area contributed by atoms with Crippen molar-refractivity contribution in [3.05, 3.63) is 314 Å². The van der Waals surface area contributed by atoms with E-state index in [2.05, 4.69) is 49.7 Å². The number of carbonyl (C=O) groups is 5. The van der Waals surface area contributed by atoms with Gasteiger partial charge in [-0.05, 0) is 175 Å². The average Bonchev–Trinajstić information content (AvgIpc) is 0.746. The van der Waals surface area contributed by atoms with Gasteiger partial charge in [-0.25, -0.2) is 62.4 Å². The molecule has 37 heteroatoms. The number of amides is 5. The molecular weight excluding hydrogens is 1960 g/mol. The van der Waals surface area contributed by atoms with Gasteiger partial charge >= 0.3 is 30.5 Å². The van der Waals surface area contributed by atoms with Crippen LogP contribution < -0.4 is 4.72 Å². The van der Waals surface area contributed by atoms with Crippen LogP contribution in [-0.4, -0.2) is 281 Å². The molecular formula is C110H151N9O24S4. The molecule has 0 spiro atoms. The monoisotopic (exact) mass is 2110 g/mol. The molecule has 7 aromatic rings. The van der Waals surface area contributed by atoms with Crippen LogP contribution in [0, 0.1) is 5.92 Å². The first-order valence-electron chi connectivity index (χ1n) is 48.9. The van der Waals surface area contributed by atoms with E-state index in [4.69, 9.17) is 47.4 Å². The fourth-order valence-electron chi connectivity index (χ4n) is 15.9. The Kier molecular flexibility index (Phi) is 46.4. The minimum Gasteiger partial charge on any atom is -0.444 e. The van der Waals surface area contributed by atoms with E-state index >= 15 is 0 Å². The highest BCUT2D eigenvalue weighted by molar-refractivity contribution is 7.92. The van der Waals surface area contributed by atoms with Gasteiger partial charge in [0.05, 0.1) is 137 Å². The van der Waals surface area contributed by atoms with Crippen molar-refractivity contribution in [2.75, 3.05) is 92.0 Å². The lowest BCUT2D eigenvalue weighted by molar-refractivity contribution is -0.0106. The van der Waals surface area contributed by atoms with Gasteiger partial charge in [-0.3, -0.25) is 19.6 Å². The molecule has 0 aliphatic carbocycles. The van der Waals surface area contributed by atoms with E-state index in [1.54, 1.807) is 139 Å². The van der Waals surface area contributed by atoms with Crippen molar-refractivity contribution in [1.29, 1.82) is 0 Å². The Hall–Kier alpha value is -11.3. The van der Waals surface area contributed by atoms with E-state index in [-0.39, 0.29) is 107 Å². The minimum atomic E-state index is -3.90. The van der Waals surface area contributed by atoms with E-state index < -0.39 is 141 Å². The van der Waals surface area contributed by atoms with Crippen LogP contribution in [0.2, 0.25) is 0 Å². The fourth-order valence-corrected chi connectivity index (χ4v) is 21.3. The van der Waals surface area contributed by atoms with Gasteiger partial charge in [0, 0.05) is 69.1 Å². The van der Waals surface area contributed by atoms with Crippen LogP contribution in [0.15, 0.2) is 296 Å². The van der Waals surface area contributed by atoms with Crippen LogP contribution in [-0.2, 0) is 120 Å². The van der Waals surface area contributed by atoms with E-state index in [0.717, 1.165) is 40.5 Å². The fraction of sp³-hybridized carbons (Fsp3) is 0.464. The number of sulfonamides is 4. The molecule has 12 rings (SSSR count). The number of likely N-dealkylation sites (tertiary alicyclic amines) is 1. The molecule has 0 radical (unpaired) electrons. The first-order valence-corrected chi connectivity index (χ1v) is 54.9. The van der Waals surface area contributed by atoms with Crippen LogP contribution >= 0.6 is 0 Å². The quantitative estimate of drug-likeness (QED) is 0.0275. The Balaban J connectivity index is 0.000000225. The van der Waals surface area contributed by atoms with Gasteiger partial charge in [0.15, 0.2) is 0 Å². The number of benzene rings is 7. The van der Waals surface area contributed by atoms with Gasteiger partial charge in [0.1, 0.15) is 28.0 Å². The molecule has 5 heterocycles. The van der Waals surface area contributed by atoms with Crippen LogP contribution in [0.4, 0.5) is 24.0 Å². The average molecular weight is 2110 g/mol. The van der Waals surface area contributed by atoms with Crippen molar-refractivity contribution >= 4 is 70.6 Å². The molecule has 2 bridgehead atoms. The highest BCUT2D eigenvalue weighted by Gasteiger charge is 2.47. The van der Waals surface area contributed by atoms with Crippen LogP contribution in [0.1, 0.15) is 145 Å². The van der Waals surface area contributed by atoms with Gasteiger partial charge in [-0.1, -0.05) is 219 Å². The maximum absolute atomic E-state index is 13.5. The van der Waals surface area contributed by atoms with Crippen molar-refractivity contribution in [2.24, 2.45) is 5.92 Å². The molecule has 0 aromatic heterocycles. The normalized spacial score (nSPS) is 20.1. The lowest BCUT2D eigenvalue weighted by Crippen LogP contribution is -2.63. The number of piperidine rings is 1. The Morgan fingerprint density at radius 2 is 0.755 bits per heavy atom. The number of nitrogens with one attached hydrogen (secondary N) is 1. The summed E-state index contributed by atoms with van der Waals surface area (Å²) in [7, 11) is -14.9. The third kappa shape index (κ3) is 40.3. The molecule has 0 saturated carbocycles.